The smallest absolute Gasteiger partial charge is 0.148 e. The van der Waals surface area contributed by atoms with Crippen LogP contribution in [0.1, 0.15) is 19.5 Å². The second-order valence-corrected chi connectivity index (χ2v) is 4.10. The van der Waals surface area contributed by atoms with Crippen LogP contribution >= 0.6 is 0 Å². The van der Waals surface area contributed by atoms with Gasteiger partial charge in [0.1, 0.15) is 5.82 Å². The van der Waals surface area contributed by atoms with Crippen molar-refractivity contribution in [3.05, 3.63) is 17.8 Å². The van der Waals surface area contributed by atoms with Crippen LogP contribution in [0.2, 0.25) is 0 Å². The van der Waals surface area contributed by atoms with Gasteiger partial charge in [0.05, 0.1) is 24.6 Å². The molecule has 17 heavy (non-hydrogen) atoms. The molecule has 5 nitrogen and oxygen atoms in total. The average molecular weight is 238 g/mol. The first-order valence-corrected chi connectivity index (χ1v) is 5.85. The first-order chi connectivity index (χ1) is 8.06. The summed E-state index contributed by atoms with van der Waals surface area (Å²) in [6.07, 6.45) is 0. The molecule has 0 spiro atoms. The van der Waals surface area contributed by atoms with Crippen molar-refractivity contribution in [1.29, 1.82) is 0 Å². The van der Waals surface area contributed by atoms with E-state index in [9.17, 15) is 0 Å². The van der Waals surface area contributed by atoms with E-state index in [0.29, 0.717) is 25.4 Å². The Labute approximate surface area is 103 Å². The molecular formula is C12H22N4O. The molecule has 0 fully saturated rings. The molecule has 5 heteroatoms. The maximum Gasteiger partial charge on any atom is 0.148 e. The summed E-state index contributed by atoms with van der Waals surface area (Å²) in [6, 6.07) is 0. The number of aryl methyl sites for hydroxylation is 2. The molecule has 1 rings (SSSR count). The van der Waals surface area contributed by atoms with Crippen LogP contribution in [0.3, 0.4) is 0 Å². The lowest BCUT2D eigenvalue weighted by Crippen LogP contribution is -2.14. The highest BCUT2D eigenvalue weighted by atomic mass is 16.5. The third-order valence-corrected chi connectivity index (χ3v) is 2.36. The molecule has 0 amide bonds. The molecule has 0 saturated heterocycles. The van der Waals surface area contributed by atoms with Crippen LogP contribution in [0.4, 0.5) is 11.5 Å². The number of nitrogens with zero attached hydrogens (tertiary/aromatic N) is 2. The lowest BCUT2D eigenvalue weighted by atomic mass is 10.4. The number of nitrogen functional groups attached to an aromatic ring is 1. The van der Waals surface area contributed by atoms with E-state index >= 15 is 0 Å². The predicted octanol–water partition coefficient (Wildman–Crippen LogP) is 1.80. The Hall–Kier alpha value is -1.49. The molecule has 0 radical (unpaired) electrons. The first kappa shape index (κ1) is 13.6. The zero-order chi connectivity index (χ0) is 12.8. The normalized spacial score (nSPS) is 10.5. The van der Waals surface area contributed by atoms with Crippen molar-refractivity contribution in [2.75, 3.05) is 30.8 Å². The van der Waals surface area contributed by atoms with Crippen molar-refractivity contribution >= 4 is 11.5 Å². The molecule has 0 aromatic carbocycles. The van der Waals surface area contributed by atoms with Gasteiger partial charge in [0.2, 0.25) is 0 Å². The molecule has 0 saturated carbocycles. The summed E-state index contributed by atoms with van der Waals surface area (Å²) in [7, 11) is 0. The maximum absolute atomic E-state index is 5.94. The van der Waals surface area contributed by atoms with Crippen LogP contribution in [0.5, 0.6) is 0 Å². The van der Waals surface area contributed by atoms with Gasteiger partial charge in [-0.2, -0.15) is 5.10 Å². The van der Waals surface area contributed by atoms with Crippen LogP contribution < -0.4 is 11.1 Å². The predicted molar refractivity (Wildman–Crippen MR) is 71.2 cm³/mol. The molecular weight excluding hydrogens is 216 g/mol. The van der Waals surface area contributed by atoms with Gasteiger partial charge in [0, 0.05) is 13.1 Å². The summed E-state index contributed by atoms with van der Waals surface area (Å²) < 4.78 is 7.27. The summed E-state index contributed by atoms with van der Waals surface area (Å²) in [5.74, 6) is 0.879. The van der Waals surface area contributed by atoms with Gasteiger partial charge in [-0.1, -0.05) is 12.2 Å². The zero-order valence-corrected chi connectivity index (χ0v) is 10.9. The van der Waals surface area contributed by atoms with Crippen LogP contribution in [0.15, 0.2) is 12.2 Å². The Kier molecular flexibility index (Phi) is 5.03. The Morgan fingerprint density at radius 2 is 2.29 bits per heavy atom. The van der Waals surface area contributed by atoms with Crippen LogP contribution in [-0.2, 0) is 11.3 Å². The number of hydrogen-bond donors (Lipinski definition) is 2. The molecule has 0 aliphatic carbocycles. The first-order valence-electron chi connectivity index (χ1n) is 5.85. The monoisotopic (exact) mass is 238 g/mol. The van der Waals surface area contributed by atoms with Gasteiger partial charge in [0.25, 0.3) is 0 Å². The van der Waals surface area contributed by atoms with Gasteiger partial charge >= 0.3 is 0 Å². The number of nitrogens with two attached hydrogens (primary N) is 1. The van der Waals surface area contributed by atoms with E-state index in [1.165, 1.54) is 0 Å². The highest BCUT2D eigenvalue weighted by Crippen LogP contribution is 2.21. The average Bonchev–Trinajstić information content (AvgIpc) is 2.55. The minimum atomic E-state index is 0.600. The van der Waals surface area contributed by atoms with E-state index in [2.05, 4.69) is 17.0 Å². The second-order valence-electron chi connectivity index (χ2n) is 4.10. The quantitative estimate of drug-likeness (QED) is 0.561. The SMILES string of the molecule is C=C(C)COCCNc1c(N)c(C)nn1CC. The van der Waals surface area contributed by atoms with Crippen LogP contribution in [-0.4, -0.2) is 29.5 Å². The molecule has 3 N–H and O–H groups in total. The van der Waals surface area contributed by atoms with Gasteiger partial charge in [-0.25, -0.2) is 4.68 Å². The summed E-state index contributed by atoms with van der Waals surface area (Å²) in [5.41, 5.74) is 8.54. The standard InChI is InChI=1S/C12H22N4O/c1-5-16-12(11(13)10(4)15-16)14-6-7-17-8-9(2)3/h14H,2,5-8,13H2,1,3-4H3. The molecule has 0 bridgehead atoms. The number of hydrogen-bond acceptors (Lipinski definition) is 4. The highest BCUT2D eigenvalue weighted by molar-refractivity contribution is 5.64. The van der Waals surface area contributed by atoms with Crippen molar-refractivity contribution in [2.45, 2.75) is 27.3 Å². The third kappa shape index (κ3) is 3.78. The number of nitrogens with one attached hydrogen (secondary N) is 1. The maximum atomic E-state index is 5.94. The minimum Gasteiger partial charge on any atom is -0.394 e. The Morgan fingerprint density at radius 3 is 2.88 bits per heavy atom. The Morgan fingerprint density at radius 1 is 1.59 bits per heavy atom. The van der Waals surface area contributed by atoms with Gasteiger partial charge in [0.15, 0.2) is 0 Å². The van der Waals surface area contributed by atoms with Crippen LogP contribution in [0, 0.1) is 6.92 Å². The van der Waals surface area contributed by atoms with E-state index in [1.54, 1.807) is 0 Å². The van der Waals surface area contributed by atoms with Gasteiger partial charge < -0.3 is 15.8 Å². The number of rotatable bonds is 7. The molecule has 0 atom stereocenters. The van der Waals surface area contributed by atoms with E-state index in [4.69, 9.17) is 10.5 Å². The molecule has 1 aromatic rings. The molecule has 0 aliphatic rings. The fourth-order valence-corrected chi connectivity index (χ4v) is 1.50. The van der Waals surface area contributed by atoms with Crippen molar-refractivity contribution in [1.82, 2.24) is 9.78 Å². The minimum absolute atomic E-state index is 0.600. The Balaban J connectivity index is 2.43. The van der Waals surface area contributed by atoms with E-state index in [-0.39, 0.29) is 0 Å². The molecule has 0 unspecified atom stereocenters. The van der Waals surface area contributed by atoms with Crippen molar-refractivity contribution in [2.24, 2.45) is 0 Å². The van der Waals surface area contributed by atoms with Crippen molar-refractivity contribution in [3.63, 3.8) is 0 Å². The second kappa shape index (κ2) is 6.30. The van der Waals surface area contributed by atoms with Gasteiger partial charge in [-0.05, 0) is 20.8 Å². The summed E-state index contributed by atoms with van der Waals surface area (Å²) in [4.78, 5) is 0. The third-order valence-electron chi connectivity index (χ3n) is 2.36. The Bertz CT molecular complexity index is 384. The lowest BCUT2D eigenvalue weighted by Gasteiger charge is -2.09. The summed E-state index contributed by atoms with van der Waals surface area (Å²) in [5, 5.41) is 7.58. The highest BCUT2D eigenvalue weighted by Gasteiger charge is 2.10. The largest absolute Gasteiger partial charge is 0.394 e. The van der Waals surface area contributed by atoms with E-state index in [0.717, 1.165) is 23.6 Å². The van der Waals surface area contributed by atoms with E-state index in [1.807, 2.05) is 25.5 Å². The zero-order valence-electron chi connectivity index (χ0n) is 10.9. The summed E-state index contributed by atoms with van der Waals surface area (Å²) in [6.45, 7) is 12.4. The fraction of sp³-hybridized carbons (Fsp3) is 0.583. The summed E-state index contributed by atoms with van der Waals surface area (Å²) >= 11 is 0. The van der Waals surface area contributed by atoms with Crippen LogP contribution in [0.25, 0.3) is 0 Å². The number of ether oxygens (including phenoxy) is 1. The fourth-order valence-electron chi connectivity index (χ4n) is 1.50. The van der Waals surface area contributed by atoms with Gasteiger partial charge in [-0.3, -0.25) is 0 Å². The molecule has 0 aliphatic heterocycles. The molecule has 96 valence electrons. The van der Waals surface area contributed by atoms with Crippen molar-refractivity contribution in [3.8, 4) is 0 Å². The van der Waals surface area contributed by atoms with E-state index < -0.39 is 0 Å². The van der Waals surface area contributed by atoms with Gasteiger partial charge in [-0.15, -0.1) is 0 Å². The van der Waals surface area contributed by atoms with Crippen molar-refractivity contribution < 1.29 is 4.74 Å². The molecule has 1 heterocycles. The number of anilines is 2. The lowest BCUT2D eigenvalue weighted by molar-refractivity contribution is 0.167. The molecule has 1 aromatic heterocycles. The number of aromatic nitrogens is 2. The topological polar surface area (TPSA) is 65.1 Å².